The maximum absolute atomic E-state index is 2.54. The van der Waals surface area contributed by atoms with Gasteiger partial charge in [0.2, 0.25) is 0 Å². The number of hydrogen-bond donors (Lipinski definition) is 0. The summed E-state index contributed by atoms with van der Waals surface area (Å²) in [6, 6.07) is 37.1. The van der Waals surface area contributed by atoms with Crippen LogP contribution in [0.5, 0.6) is 0 Å². The number of thiophene rings is 1. The number of hydrogen-bond acceptors (Lipinski definition) is 1. The predicted octanol–water partition coefficient (Wildman–Crippen LogP) is 14.0. The molecule has 7 aromatic rings. The summed E-state index contributed by atoms with van der Waals surface area (Å²) in [6.07, 6.45) is 11.4. The summed E-state index contributed by atoms with van der Waals surface area (Å²) in [4.78, 5) is 0. The van der Waals surface area contributed by atoms with Gasteiger partial charge >= 0.3 is 0 Å². The number of allylic oxidation sites excluding steroid dienone is 2. The van der Waals surface area contributed by atoms with Crippen LogP contribution in [0.3, 0.4) is 0 Å². The minimum atomic E-state index is -0.0854. The Morgan fingerprint density at radius 3 is 2.25 bits per heavy atom. The fraction of sp³-hybridized carbons (Fsp3) is 0.191. The topological polar surface area (TPSA) is 0 Å². The number of benzene rings is 6. The summed E-state index contributed by atoms with van der Waals surface area (Å²) in [5.74, 6) is 0.468. The maximum Gasteiger partial charge on any atom is 0.0361 e. The second-order valence-electron chi connectivity index (χ2n) is 14.4. The monoisotopic (exact) mass is 636 g/mol. The Labute approximate surface area is 288 Å². The van der Waals surface area contributed by atoms with Gasteiger partial charge < -0.3 is 0 Å². The molecule has 0 aliphatic heterocycles. The lowest BCUT2D eigenvalue weighted by atomic mass is 9.78. The predicted molar refractivity (Wildman–Crippen MR) is 211 cm³/mol. The first-order chi connectivity index (χ1) is 23.4. The lowest BCUT2D eigenvalue weighted by Crippen LogP contribution is -2.15. The Hall–Kier alpha value is -4.72. The van der Waals surface area contributed by atoms with Gasteiger partial charge in [0.05, 0.1) is 0 Å². The molecular weight excluding hydrogens is 597 g/mol. The van der Waals surface area contributed by atoms with Gasteiger partial charge in [0.25, 0.3) is 0 Å². The molecule has 1 heterocycles. The van der Waals surface area contributed by atoms with Crippen molar-refractivity contribution in [2.24, 2.45) is 0 Å². The van der Waals surface area contributed by atoms with Crippen molar-refractivity contribution >= 4 is 54.4 Å². The van der Waals surface area contributed by atoms with E-state index in [1.165, 1.54) is 97.7 Å². The van der Waals surface area contributed by atoms with Crippen LogP contribution >= 0.6 is 11.3 Å². The van der Waals surface area contributed by atoms with Gasteiger partial charge in [-0.1, -0.05) is 131 Å². The standard InChI is InChI=1S/C47H40S/c1-6-14-31-30(28(2)3)25-26-39-45(31)36-24-23-29(27-40(36)47(39,4)5)43-32-15-7-9-17-34(32)44(35-18-10-8-16-33(35)43)38-20-13-22-42-46(38)37-19-11-12-21-41(37)48-42/h6-7,9-15,17-28H,8,16H2,1-5H3/b14-6-. The summed E-state index contributed by atoms with van der Waals surface area (Å²) < 4.78 is 2.71. The molecule has 0 amide bonds. The minimum absolute atomic E-state index is 0.0854. The van der Waals surface area contributed by atoms with Gasteiger partial charge in [-0.15, -0.1) is 11.3 Å². The smallest absolute Gasteiger partial charge is 0.0361 e. The minimum Gasteiger partial charge on any atom is -0.135 e. The van der Waals surface area contributed by atoms with E-state index < -0.39 is 0 Å². The first-order valence-electron chi connectivity index (χ1n) is 17.5. The first kappa shape index (κ1) is 29.4. The Morgan fingerprint density at radius 1 is 0.708 bits per heavy atom. The molecule has 48 heavy (non-hydrogen) atoms. The summed E-state index contributed by atoms with van der Waals surface area (Å²) in [5.41, 5.74) is 16.7. The van der Waals surface area contributed by atoms with Gasteiger partial charge in [-0.25, -0.2) is 0 Å². The van der Waals surface area contributed by atoms with E-state index >= 15 is 0 Å². The van der Waals surface area contributed by atoms with Crippen LogP contribution in [0.4, 0.5) is 0 Å². The average Bonchev–Trinajstić information content (AvgIpc) is 3.59. The van der Waals surface area contributed by atoms with Crippen LogP contribution in [0.25, 0.3) is 76.5 Å². The number of fused-ring (bicyclic) bond motifs is 8. The van der Waals surface area contributed by atoms with Crippen LogP contribution in [-0.2, 0) is 11.8 Å². The van der Waals surface area contributed by atoms with E-state index in [1.54, 1.807) is 0 Å². The molecule has 0 fully saturated rings. The third kappa shape index (κ3) is 4.13. The fourth-order valence-corrected chi connectivity index (χ4v) is 10.00. The lowest BCUT2D eigenvalue weighted by molar-refractivity contribution is 0.660. The first-order valence-corrected chi connectivity index (χ1v) is 18.3. The molecule has 1 heteroatoms. The average molecular weight is 637 g/mol. The fourth-order valence-electron chi connectivity index (χ4n) is 8.86. The van der Waals surface area contributed by atoms with E-state index in [2.05, 4.69) is 156 Å². The highest BCUT2D eigenvalue weighted by molar-refractivity contribution is 7.25. The summed E-state index contributed by atoms with van der Waals surface area (Å²) >= 11 is 1.90. The summed E-state index contributed by atoms with van der Waals surface area (Å²) in [7, 11) is 0. The SMILES string of the molecule is C/C=C\c1c(C(C)C)ccc2c1-c1ccc(-c3c4c(c(-c5cccc6sc7ccccc7c56)c5ccccc35)C=CCC4)cc1C2(C)C. The van der Waals surface area contributed by atoms with Crippen LogP contribution in [0, 0.1) is 0 Å². The van der Waals surface area contributed by atoms with Crippen molar-refractivity contribution in [1.29, 1.82) is 0 Å². The van der Waals surface area contributed by atoms with Crippen molar-refractivity contribution < 1.29 is 0 Å². The van der Waals surface area contributed by atoms with Gasteiger partial charge in [0.1, 0.15) is 0 Å². The highest BCUT2D eigenvalue weighted by Crippen LogP contribution is 2.54. The van der Waals surface area contributed by atoms with Crippen LogP contribution in [0.15, 0.2) is 109 Å². The third-order valence-electron chi connectivity index (χ3n) is 11.0. The van der Waals surface area contributed by atoms with Crippen molar-refractivity contribution in [2.45, 2.75) is 58.8 Å². The molecule has 1 aromatic heterocycles. The van der Waals surface area contributed by atoms with E-state index in [1.807, 2.05) is 11.3 Å². The molecule has 0 radical (unpaired) electrons. The zero-order valence-corrected chi connectivity index (χ0v) is 29.3. The molecule has 0 N–H and O–H groups in total. The normalized spacial score (nSPS) is 14.8. The van der Waals surface area contributed by atoms with Crippen molar-refractivity contribution in [2.75, 3.05) is 0 Å². The van der Waals surface area contributed by atoms with Crippen LogP contribution < -0.4 is 0 Å². The molecule has 0 bridgehead atoms. The molecule has 0 saturated heterocycles. The summed E-state index contributed by atoms with van der Waals surface area (Å²) in [6.45, 7) is 11.6. The molecular formula is C47H40S. The highest BCUT2D eigenvalue weighted by Gasteiger charge is 2.38. The van der Waals surface area contributed by atoms with Crippen molar-refractivity contribution in [3.63, 3.8) is 0 Å². The molecule has 0 saturated carbocycles. The van der Waals surface area contributed by atoms with E-state index in [0.29, 0.717) is 5.92 Å². The van der Waals surface area contributed by atoms with E-state index in [0.717, 1.165) is 12.8 Å². The van der Waals surface area contributed by atoms with E-state index in [9.17, 15) is 0 Å². The Morgan fingerprint density at radius 2 is 1.46 bits per heavy atom. The van der Waals surface area contributed by atoms with Gasteiger partial charge in [0.15, 0.2) is 0 Å². The van der Waals surface area contributed by atoms with E-state index in [4.69, 9.17) is 0 Å². The second kappa shape index (κ2) is 10.9. The van der Waals surface area contributed by atoms with Crippen LogP contribution in [-0.4, -0.2) is 0 Å². The largest absolute Gasteiger partial charge is 0.135 e. The van der Waals surface area contributed by atoms with Crippen molar-refractivity contribution in [1.82, 2.24) is 0 Å². The second-order valence-corrected chi connectivity index (χ2v) is 15.5. The molecule has 234 valence electrons. The van der Waals surface area contributed by atoms with Gasteiger partial charge in [-0.2, -0.15) is 0 Å². The van der Waals surface area contributed by atoms with Gasteiger partial charge in [0, 0.05) is 25.6 Å². The Kier molecular flexibility index (Phi) is 6.68. The summed E-state index contributed by atoms with van der Waals surface area (Å²) in [5, 5.41) is 5.42. The Balaban J connectivity index is 1.33. The highest BCUT2D eigenvalue weighted by atomic mass is 32.1. The molecule has 0 unspecified atom stereocenters. The number of rotatable bonds is 4. The third-order valence-corrected chi connectivity index (χ3v) is 12.2. The van der Waals surface area contributed by atoms with Crippen LogP contribution in [0.1, 0.15) is 80.3 Å². The van der Waals surface area contributed by atoms with Crippen molar-refractivity contribution in [3.8, 4) is 33.4 Å². The van der Waals surface area contributed by atoms with E-state index in [-0.39, 0.29) is 5.41 Å². The Bertz CT molecular complexity index is 2510. The van der Waals surface area contributed by atoms with Crippen molar-refractivity contribution in [3.05, 3.63) is 143 Å². The maximum atomic E-state index is 2.54. The molecule has 0 spiro atoms. The van der Waals surface area contributed by atoms with Crippen LogP contribution in [0.2, 0.25) is 0 Å². The zero-order chi connectivity index (χ0) is 32.7. The quantitative estimate of drug-likeness (QED) is 0.180. The molecule has 0 atom stereocenters. The molecule has 2 aliphatic carbocycles. The molecule has 0 nitrogen and oxygen atoms in total. The molecule has 6 aromatic carbocycles. The zero-order valence-electron chi connectivity index (χ0n) is 28.4. The molecule has 2 aliphatic rings. The van der Waals surface area contributed by atoms with Gasteiger partial charge in [-0.3, -0.25) is 0 Å². The lowest BCUT2D eigenvalue weighted by Gasteiger charge is -2.26. The molecule has 9 rings (SSSR count). The van der Waals surface area contributed by atoms with Gasteiger partial charge in [-0.05, 0) is 121 Å².